The number of aliphatic carboxylic acids is 1. The smallest absolute Gasteiger partial charge is 0.324 e. The molecule has 1 saturated carbocycles. The molecule has 1 aliphatic rings. The fourth-order valence-corrected chi connectivity index (χ4v) is 1.82. The van der Waals surface area contributed by atoms with Gasteiger partial charge < -0.3 is 10.8 Å². The van der Waals surface area contributed by atoms with E-state index in [-0.39, 0.29) is 5.92 Å². The first-order chi connectivity index (χ1) is 6.54. The second-order valence-electron chi connectivity index (χ2n) is 4.02. The Kier molecular flexibility index (Phi) is 1.86. The number of hydrogen-bond donors (Lipinski definition) is 2. The van der Waals surface area contributed by atoms with Gasteiger partial charge in [-0.15, -0.1) is 0 Å². The Morgan fingerprint density at radius 2 is 2.36 bits per heavy atom. The molecule has 2 rings (SSSR count). The molecule has 2 unspecified atom stereocenters. The summed E-state index contributed by atoms with van der Waals surface area (Å²) in [5, 5.41) is 8.89. The van der Waals surface area contributed by atoms with Crippen molar-refractivity contribution in [1.29, 1.82) is 0 Å². The van der Waals surface area contributed by atoms with Crippen LogP contribution in [0.2, 0.25) is 0 Å². The summed E-state index contributed by atoms with van der Waals surface area (Å²) in [5.41, 5.74) is 6.87. The van der Waals surface area contributed by atoms with E-state index in [4.69, 9.17) is 10.8 Å². The molecule has 0 heterocycles. The minimum absolute atomic E-state index is 0.0140. The van der Waals surface area contributed by atoms with Gasteiger partial charge in [-0.3, -0.25) is 4.79 Å². The molecule has 1 aliphatic carbocycles. The summed E-state index contributed by atoms with van der Waals surface area (Å²) in [6, 6.07) is 7.87. The minimum atomic E-state index is -1.02. The van der Waals surface area contributed by atoms with Crippen LogP contribution in [-0.2, 0) is 4.79 Å². The average molecular weight is 191 g/mol. The maximum Gasteiger partial charge on any atom is 0.324 e. The maximum absolute atomic E-state index is 10.8. The molecule has 0 amide bonds. The molecule has 1 aromatic carbocycles. The lowest BCUT2D eigenvalue weighted by Gasteiger charge is -2.05. The van der Waals surface area contributed by atoms with Crippen molar-refractivity contribution in [2.75, 3.05) is 0 Å². The van der Waals surface area contributed by atoms with Gasteiger partial charge in [0.15, 0.2) is 0 Å². The molecular formula is C11H13NO2. The van der Waals surface area contributed by atoms with E-state index in [0.717, 1.165) is 11.1 Å². The Bertz CT molecular complexity index is 389. The van der Waals surface area contributed by atoms with Crippen molar-refractivity contribution >= 4 is 5.97 Å². The van der Waals surface area contributed by atoms with Gasteiger partial charge in [0.05, 0.1) is 0 Å². The normalized spacial score (nSPS) is 30.0. The zero-order valence-electron chi connectivity index (χ0n) is 8.03. The summed E-state index contributed by atoms with van der Waals surface area (Å²) in [6.07, 6.45) is 0.547. The van der Waals surface area contributed by atoms with Crippen LogP contribution >= 0.6 is 0 Å². The summed E-state index contributed by atoms with van der Waals surface area (Å²) in [5.74, 6) is -0.913. The quantitative estimate of drug-likeness (QED) is 0.739. The van der Waals surface area contributed by atoms with Crippen molar-refractivity contribution in [3.05, 3.63) is 35.4 Å². The number of aryl methyl sites for hydroxylation is 1. The fraction of sp³-hybridized carbons (Fsp3) is 0.364. The Labute approximate surface area is 82.5 Å². The predicted octanol–water partition coefficient (Wildman–Crippen LogP) is 1.26. The molecule has 3 N–H and O–H groups in total. The predicted molar refractivity (Wildman–Crippen MR) is 53.1 cm³/mol. The van der Waals surface area contributed by atoms with E-state index < -0.39 is 11.5 Å². The first-order valence-electron chi connectivity index (χ1n) is 4.63. The largest absolute Gasteiger partial charge is 0.480 e. The topological polar surface area (TPSA) is 63.3 Å². The summed E-state index contributed by atoms with van der Waals surface area (Å²) in [7, 11) is 0. The van der Waals surface area contributed by atoms with Gasteiger partial charge in [-0.05, 0) is 18.9 Å². The van der Waals surface area contributed by atoms with Gasteiger partial charge >= 0.3 is 5.97 Å². The molecule has 3 heteroatoms. The first-order valence-corrected chi connectivity index (χ1v) is 4.63. The van der Waals surface area contributed by atoms with Gasteiger partial charge in [-0.25, -0.2) is 0 Å². The van der Waals surface area contributed by atoms with Crippen LogP contribution < -0.4 is 5.73 Å². The second kappa shape index (κ2) is 2.82. The molecule has 74 valence electrons. The molecule has 2 atom stereocenters. The number of hydrogen-bond acceptors (Lipinski definition) is 2. The third-order valence-electron chi connectivity index (χ3n) is 2.85. The number of carboxylic acids is 1. The average Bonchev–Trinajstić information content (AvgIpc) is 2.80. The molecule has 0 radical (unpaired) electrons. The van der Waals surface area contributed by atoms with Crippen LogP contribution in [0.25, 0.3) is 0 Å². The third-order valence-corrected chi connectivity index (χ3v) is 2.85. The highest BCUT2D eigenvalue weighted by Gasteiger charge is 2.58. The maximum atomic E-state index is 10.8. The van der Waals surface area contributed by atoms with Crippen LogP contribution in [0.15, 0.2) is 24.3 Å². The molecule has 0 saturated heterocycles. The number of benzene rings is 1. The van der Waals surface area contributed by atoms with Crippen LogP contribution in [0, 0.1) is 6.92 Å². The third kappa shape index (κ3) is 1.30. The first kappa shape index (κ1) is 9.21. The lowest BCUT2D eigenvalue weighted by molar-refractivity contribution is -0.139. The molecule has 1 fully saturated rings. The van der Waals surface area contributed by atoms with Crippen LogP contribution in [0.5, 0.6) is 0 Å². The molecular weight excluding hydrogens is 178 g/mol. The van der Waals surface area contributed by atoms with E-state index in [2.05, 4.69) is 0 Å². The number of rotatable bonds is 2. The number of carboxylic acid groups (broad SMARTS) is 1. The summed E-state index contributed by atoms with van der Waals surface area (Å²) in [4.78, 5) is 10.8. The highest BCUT2D eigenvalue weighted by molar-refractivity contribution is 5.84. The zero-order chi connectivity index (χ0) is 10.3. The van der Waals surface area contributed by atoms with Gasteiger partial charge in [0, 0.05) is 5.92 Å². The highest BCUT2D eigenvalue weighted by Crippen LogP contribution is 2.49. The van der Waals surface area contributed by atoms with Gasteiger partial charge in [0.1, 0.15) is 5.54 Å². The Morgan fingerprint density at radius 3 is 2.86 bits per heavy atom. The van der Waals surface area contributed by atoms with Crippen molar-refractivity contribution in [3.63, 3.8) is 0 Å². The van der Waals surface area contributed by atoms with E-state index in [0.29, 0.717) is 6.42 Å². The van der Waals surface area contributed by atoms with Crippen molar-refractivity contribution in [3.8, 4) is 0 Å². The molecule has 14 heavy (non-hydrogen) atoms. The fourth-order valence-electron chi connectivity index (χ4n) is 1.82. The van der Waals surface area contributed by atoms with Crippen molar-refractivity contribution in [2.24, 2.45) is 5.73 Å². The summed E-state index contributed by atoms with van der Waals surface area (Å²) >= 11 is 0. The van der Waals surface area contributed by atoms with Gasteiger partial charge in [-0.1, -0.05) is 29.8 Å². The van der Waals surface area contributed by atoms with Gasteiger partial charge in [-0.2, -0.15) is 0 Å². The molecule has 0 aromatic heterocycles. The molecule has 0 spiro atoms. The lowest BCUT2D eigenvalue weighted by atomic mass is 10.0. The SMILES string of the molecule is Cc1cccc(C2CC2(N)C(=O)O)c1. The Balaban J connectivity index is 2.25. The van der Waals surface area contributed by atoms with Gasteiger partial charge in [0.25, 0.3) is 0 Å². The van der Waals surface area contributed by atoms with Crippen molar-refractivity contribution in [2.45, 2.75) is 24.8 Å². The van der Waals surface area contributed by atoms with E-state index >= 15 is 0 Å². The zero-order valence-corrected chi connectivity index (χ0v) is 8.03. The second-order valence-corrected chi connectivity index (χ2v) is 4.02. The lowest BCUT2D eigenvalue weighted by Crippen LogP contribution is -2.34. The molecule has 1 aromatic rings. The monoisotopic (exact) mass is 191 g/mol. The standard InChI is InChI=1S/C11H13NO2/c1-7-3-2-4-8(5-7)9-6-11(9,12)10(13)14/h2-5,9H,6,12H2,1H3,(H,13,14). The Morgan fingerprint density at radius 1 is 1.64 bits per heavy atom. The molecule has 0 bridgehead atoms. The highest BCUT2D eigenvalue weighted by atomic mass is 16.4. The molecule has 3 nitrogen and oxygen atoms in total. The van der Waals surface area contributed by atoms with Crippen LogP contribution in [0.3, 0.4) is 0 Å². The van der Waals surface area contributed by atoms with E-state index in [1.165, 1.54) is 0 Å². The number of carbonyl (C=O) groups is 1. The van der Waals surface area contributed by atoms with E-state index in [1.54, 1.807) is 0 Å². The van der Waals surface area contributed by atoms with E-state index in [9.17, 15) is 4.79 Å². The Hall–Kier alpha value is -1.35. The number of nitrogens with two attached hydrogens (primary N) is 1. The minimum Gasteiger partial charge on any atom is -0.480 e. The van der Waals surface area contributed by atoms with Gasteiger partial charge in [0.2, 0.25) is 0 Å². The summed E-state index contributed by atoms with van der Waals surface area (Å²) < 4.78 is 0. The van der Waals surface area contributed by atoms with Crippen LogP contribution in [0.1, 0.15) is 23.5 Å². The summed E-state index contributed by atoms with van der Waals surface area (Å²) in [6.45, 7) is 1.99. The van der Waals surface area contributed by atoms with Crippen molar-refractivity contribution < 1.29 is 9.90 Å². The molecule has 0 aliphatic heterocycles. The van der Waals surface area contributed by atoms with Crippen LogP contribution in [-0.4, -0.2) is 16.6 Å². The van der Waals surface area contributed by atoms with Crippen molar-refractivity contribution in [1.82, 2.24) is 0 Å². The van der Waals surface area contributed by atoms with E-state index in [1.807, 2.05) is 31.2 Å². The van der Waals surface area contributed by atoms with Crippen LogP contribution in [0.4, 0.5) is 0 Å².